The lowest BCUT2D eigenvalue weighted by Crippen LogP contribution is -2.48. The van der Waals surface area contributed by atoms with Gasteiger partial charge < -0.3 is 15.1 Å². The van der Waals surface area contributed by atoms with Gasteiger partial charge in [-0.2, -0.15) is 0 Å². The highest BCUT2D eigenvalue weighted by atomic mass is 127. The van der Waals surface area contributed by atoms with Crippen LogP contribution in [-0.4, -0.2) is 61.9 Å². The fourth-order valence-corrected chi connectivity index (χ4v) is 3.49. The highest BCUT2D eigenvalue weighted by molar-refractivity contribution is 14.0. The first-order chi connectivity index (χ1) is 12.6. The maximum atomic E-state index is 11.9. The molecule has 150 valence electrons. The molecule has 0 aromatic heterocycles. The third-order valence-electron chi connectivity index (χ3n) is 5.05. The molecule has 0 spiro atoms. The van der Waals surface area contributed by atoms with Gasteiger partial charge in [0.2, 0.25) is 5.91 Å². The van der Waals surface area contributed by atoms with Crippen molar-refractivity contribution in [1.29, 1.82) is 0 Å². The Kier molecular flexibility index (Phi) is 10.4. The Labute approximate surface area is 180 Å². The molecule has 2 rings (SSSR count). The number of rotatable bonds is 6. The van der Waals surface area contributed by atoms with Gasteiger partial charge in [0.25, 0.3) is 0 Å². The van der Waals surface area contributed by atoms with Crippen molar-refractivity contribution in [2.75, 3.05) is 40.3 Å². The number of amides is 1. The zero-order chi connectivity index (χ0) is 18.9. The zero-order valence-electron chi connectivity index (χ0n) is 16.7. The molecule has 1 aliphatic heterocycles. The number of hydrogen-bond donors (Lipinski definition) is 1. The molecule has 1 aromatic rings. The van der Waals surface area contributed by atoms with Crippen molar-refractivity contribution in [3.05, 3.63) is 48.6 Å². The molecule has 2 atom stereocenters. The van der Waals surface area contributed by atoms with Crippen LogP contribution in [0.4, 0.5) is 0 Å². The monoisotopic (exact) mass is 484 g/mol. The van der Waals surface area contributed by atoms with Crippen molar-refractivity contribution in [3.8, 4) is 0 Å². The van der Waals surface area contributed by atoms with Crippen molar-refractivity contribution in [2.24, 2.45) is 10.9 Å². The minimum Gasteiger partial charge on any atom is -0.353 e. The quantitative estimate of drug-likeness (QED) is 0.292. The maximum Gasteiger partial charge on any atom is 0.243 e. The third kappa shape index (κ3) is 6.83. The van der Waals surface area contributed by atoms with Crippen molar-refractivity contribution in [1.82, 2.24) is 15.1 Å². The molecule has 1 fully saturated rings. The van der Waals surface area contributed by atoms with Gasteiger partial charge in [0.05, 0.1) is 0 Å². The number of nitrogens with zero attached hydrogens (tertiary/aromatic N) is 3. The molecule has 27 heavy (non-hydrogen) atoms. The number of nitrogens with one attached hydrogen (secondary N) is 1. The third-order valence-corrected chi connectivity index (χ3v) is 5.05. The van der Waals surface area contributed by atoms with E-state index in [1.165, 1.54) is 5.56 Å². The van der Waals surface area contributed by atoms with Crippen LogP contribution in [0.15, 0.2) is 48.0 Å². The van der Waals surface area contributed by atoms with Crippen LogP contribution in [-0.2, 0) is 4.79 Å². The summed E-state index contributed by atoms with van der Waals surface area (Å²) < 4.78 is 0. The minimum absolute atomic E-state index is 0. The molecule has 0 bridgehead atoms. The smallest absolute Gasteiger partial charge is 0.243 e. The van der Waals surface area contributed by atoms with Gasteiger partial charge in [0, 0.05) is 33.7 Å². The molecule has 1 heterocycles. The molecular weight excluding hydrogens is 451 g/mol. The molecule has 0 aliphatic carbocycles. The standard InChI is InChI=1S/C21H32N4O.HI/c1-5-13-22-21(23-15-20(26)24(3)4)25-14-12-19(17(6-2)16-25)18-10-8-7-9-11-18;/h5,7-11,17,19H,1,6,12-16H2,2-4H3,(H,22,23);1H. The summed E-state index contributed by atoms with van der Waals surface area (Å²) in [5, 5.41) is 3.32. The van der Waals surface area contributed by atoms with Gasteiger partial charge in [-0.25, -0.2) is 4.99 Å². The first-order valence-electron chi connectivity index (χ1n) is 9.46. The molecule has 1 amide bonds. The summed E-state index contributed by atoms with van der Waals surface area (Å²) in [6.07, 6.45) is 4.04. The Hall–Kier alpha value is -1.57. The molecule has 6 heteroatoms. The average Bonchev–Trinajstić information content (AvgIpc) is 2.68. The van der Waals surface area contributed by atoms with E-state index >= 15 is 0 Å². The van der Waals surface area contributed by atoms with Crippen molar-refractivity contribution in [2.45, 2.75) is 25.7 Å². The van der Waals surface area contributed by atoms with Gasteiger partial charge in [-0.05, 0) is 23.8 Å². The van der Waals surface area contributed by atoms with E-state index in [4.69, 9.17) is 0 Å². The number of likely N-dealkylation sites (tertiary alicyclic amines) is 1. The first kappa shape index (κ1) is 23.5. The van der Waals surface area contributed by atoms with Gasteiger partial charge in [0.1, 0.15) is 6.54 Å². The molecular formula is C21H33IN4O. The zero-order valence-corrected chi connectivity index (χ0v) is 19.1. The van der Waals surface area contributed by atoms with Gasteiger partial charge in [-0.3, -0.25) is 4.79 Å². The van der Waals surface area contributed by atoms with Gasteiger partial charge >= 0.3 is 0 Å². The second-order valence-corrected chi connectivity index (χ2v) is 7.02. The van der Waals surface area contributed by atoms with Crippen LogP contribution in [0, 0.1) is 5.92 Å². The van der Waals surface area contributed by atoms with Crippen molar-refractivity contribution in [3.63, 3.8) is 0 Å². The largest absolute Gasteiger partial charge is 0.353 e. The number of carbonyl (C=O) groups excluding carboxylic acids is 1. The Morgan fingerprint density at radius 3 is 2.67 bits per heavy atom. The second-order valence-electron chi connectivity index (χ2n) is 7.02. The molecule has 1 saturated heterocycles. The van der Waals surface area contributed by atoms with Crippen molar-refractivity contribution >= 4 is 35.8 Å². The fraction of sp³-hybridized carbons (Fsp3) is 0.524. The number of halogens is 1. The van der Waals surface area contributed by atoms with Gasteiger partial charge in [-0.15, -0.1) is 30.6 Å². The molecule has 1 aromatic carbocycles. The number of guanidine groups is 1. The summed E-state index contributed by atoms with van der Waals surface area (Å²) >= 11 is 0. The van der Waals surface area contributed by atoms with Crippen LogP contribution in [0.3, 0.4) is 0 Å². The van der Waals surface area contributed by atoms with E-state index in [-0.39, 0.29) is 36.4 Å². The predicted octanol–water partition coefficient (Wildman–Crippen LogP) is 3.34. The lowest BCUT2D eigenvalue weighted by atomic mass is 9.79. The maximum absolute atomic E-state index is 11.9. The average molecular weight is 484 g/mol. The van der Waals surface area contributed by atoms with Crippen LogP contribution in [0.2, 0.25) is 0 Å². The highest BCUT2D eigenvalue weighted by Gasteiger charge is 2.30. The van der Waals surface area contributed by atoms with Crippen LogP contribution in [0.1, 0.15) is 31.2 Å². The van der Waals surface area contributed by atoms with Crippen LogP contribution in [0.5, 0.6) is 0 Å². The molecule has 2 unspecified atom stereocenters. The molecule has 0 radical (unpaired) electrons. The van der Waals surface area contributed by atoms with E-state index in [1.807, 2.05) is 6.08 Å². The van der Waals surface area contributed by atoms with E-state index in [0.29, 0.717) is 18.4 Å². The SMILES string of the molecule is C=CCNC(=NCC(=O)N(C)C)N1CCC(c2ccccc2)C(CC)C1.I. The number of benzene rings is 1. The Bertz CT molecular complexity index is 618. The Balaban J connectivity index is 0.00000364. The Morgan fingerprint density at radius 2 is 2.07 bits per heavy atom. The van der Waals surface area contributed by atoms with Gasteiger partial charge in [-0.1, -0.05) is 49.8 Å². The topological polar surface area (TPSA) is 47.9 Å². The first-order valence-corrected chi connectivity index (χ1v) is 9.46. The van der Waals surface area contributed by atoms with Crippen LogP contribution >= 0.6 is 24.0 Å². The summed E-state index contributed by atoms with van der Waals surface area (Å²) in [5.41, 5.74) is 1.43. The number of aliphatic imine (C=N–C) groups is 1. The van der Waals surface area contributed by atoms with E-state index < -0.39 is 0 Å². The minimum atomic E-state index is 0. The van der Waals surface area contributed by atoms with E-state index in [0.717, 1.165) is 31.9 Å². The predicted molar refractivity (Wildman–Crippen MR) is 124 cm³/mol. The second kappa shape index (κ2) is 12.0. The summed E-state index contributed by atoms with van der Waals surface area (Å²) in [5.74, 6) is 1.98. The summed E-state index contributed by atoms with van der Waals surface area (Å²) in [6, 6.07) is 10.8. The van der Waals surface area contributed by atoms with Crippen LogP contribution in [0.25, 0.3) is 0 Å². The van der Waals surface area contributed by atoms with Crippen LogP contribution < -0.4 is 5.32 Å². The van der Waals surface area contributed by atoms with E-state index in [2.05, 4.69) is 59.0 Å². The summed E-state index contributed by atoms with van der Waals surface area (Å²) in [4.78, 5) is 20.3. The van der Waals surface area contributed by atoms with Gasteiger partial charge in [0.15, 0.2) is 5.96 Å². The molecule has 0 saturated carbocycles. The Morgan fingerprint density at radius 1 is 1.37 bits per heavy atom. The lowest BCUT2D eigenvalue weighted by Gasteiger charge is -2.40. The van der Waals surface area contributed by atoms with E-state index in [9.17, 15) is 4.79 Å². The highest BCUT2D eigenvalue weighted by Crippen LogP contribution is 2.34. The normalized spacial score (nSPS) is 19.8. The van der Waals surface area contributed by atoms with E-state index in [1.54, 1.807) is 19.0 Å². The molecule has 1 N–H and O–H groups in total. The number of likely N-dealkylation sites (N-methyl/N-ethyl adjacent to an activating group) is 1. The number of carbonyl (C=O) groups is 1. The summed E-state index contributed by atoms with van der Waals surface area (Å²) in [7, 11) is 3.51. The molecule has 1 aliphatic rings. The lowest BCUT2D eigenvalue weighted by molar-refractivity contribution is -0.127. The fourth-order valence-electron chi connectivity index (χ4n) is 3.49. The van der Waals surface area contributed by atoms with Crippen molar-refractivity contribution < 1.29 is 4.79 Å². The number of piperidine rings is 1. The molecule has 5 nitrogen and oxygen atoms in total. The number of hydrogen-bond acceptors (Lipinski definition) is 2. The summed E-state index contributed by atoms with van der Waals surface area (Å²) in [6.45, 7) is 8.74.